The zero-order chi connectivity index (χ0) is 18.5. The maximum absolute atomic E-state index is 13.2. The number of hydrogen-bond acceptors (Lipinski definition) is 2. The molecule has 6 heteroatoms. The molecule has 2 aliphatic rings. The molecule has 1 aliphatic carbocycles. The number of hydrogen-bond donors (Lipinski definition) is 1. The van der Waals surface area contributed by atoms with E-state index >= 15 is 0 Å². The molecule has 2 aromatic carbocycles. The van der Waals surface area contributed by atoms with Crippen molar-refractivity contribution in [2.24, 2.45) is 0 Å². The zero-order valence-electron chi connectivity index (χ0n) is 13.9. The average Bonchev–Trinajstić information content (AvgIpc) is 2.58. The first-order chi connectivity index (χ1) is 12.4. The molecule has 1 saturated carbocycles. The van der Waals surface area contributed by atoms with Gasteiger partial charge < -0.3 is 10.0 Å². The Hall–Kier alpha value is -2.04. The predicted octanol–water partition coefficient (Wildman–Crippen LogP) is 4.74. The molecule has 4 nitrogen and oxygen atoms in total. The summed E-state index contributed by atoms with van der Waals surface area (Å²) in [6, 6.07) is 12.3. The first-order valence-electron chi connectivity index (χ1n) is 8.52. The van der Waals surface area contributed by atoms with E-state index in [1.807, 2.05) is 6.07 Å². The van der Waals surface area contributed by atoms with Gasteiger partial charge in [0.05, 0.1) is 15.6 Å². The quantitative estimate of drug-likeness (QED) is 0.824. The first-order valence-corrected chi connectivity index (χ1v) is 9.27. The molecule has 1 fully saturated rings. The van der Waals surface area contributed by atoms with Crippen LogP contribution in [0.1, 0.15) is 46.7 Å². The molecule has 0 aromatic heterocycles. The van der Waals surface area contributed by atoms with E-state index in [9.17, 15) is 14.7 Å². The number of halogens is 2. The topological polar surface area (TPSA) is 57.6 Å². The van der Waals surface area contributed by atoms with Crippen LogP contribution in [0, 0.1) is 0 Å². The van der Waals surface area contributed by atoms with Crippen LogP contribution in [0.3, 0.4) is 0 Å². The fourth-order valence-corrected chi connectivity index (χ4v) is 4.57. The largest absolute Gasteiger partial charge is 0.481 e. The lowest BCUT2D eigenvalue weighted by atomic mass is 9.61. The summed E-state index contributed by atoms with van der Waals surface area (Å²) in [6.07, 6.45) is 2.29. The van der Waals surface area contributed by atoms with Crippen LogP contribution >= 0.6 is 23.2 Å². The van der Waals surface area contributed by atoms with Gasteiger partial charge in [0.1, 0.15) is 5.92 Å². The maximum Gasteiger partial charge on any atom is 0.313 e. The minimum atomic E-state index is -0.885. The van der Waals surface area contributed by atoms with Gasteiger partial charge >= 0.3 is 5.97 Å². The van der Waals surface area contributed by atoms with E-state index in [2.05, 4.69) is 0 Å². The highest BCUT2D eigenvalue weighted by molar-refractivity contribution is 6.42. The summed E-state index contributed by atoms with van der Waals surface area (Å²) < 4.78 is 0. The molecular formula is C20H17Cl2NO3. The smallest absolute Gasteiger partial charge is 0.313 e. The third-order valence-corrected chi connectivity index (χ3v) is 6.35. The number of carbonyl (C=O) groups excluding carboxylic acids is 1. The van der Waals surface area contributed by atoms with Gasteiger partial charge in [0, 0.05) is 12.1 Å². The first kappa shape index (κ1) is 17.4. The van der Waals surface area contributed by atoms with E-state index < -0.39 is 17.4 Å². The van der Waals surface area contributed by atoms with Crippen LogP contribution < -0.4 is 0 Å². The Morgan fingerprint density at radius 2 is 1.88 bits per heavy atom. The Labute approximate surface area is 161 Å². The predicted molar refractivity (Wildman–Crippen MR) is 99.7 cm³/mol. The molecule has 26 heavy (non-hydrogen) atoms. The van der Waals surface area contributed by atoms with E-state index in [0.717, 1.165) is 12.0 Å². The van der Waals surface area contributed by atoms with Crippen LogP contribution in [0.15, 0.2) is 42.5 Å². The molecule has 1 heterocycles. The van der Waals surface area contributed by atoms with Crippen molar-refractivity contribution in [3.63, 3.8) is 0 Å². The van der Waals surface area contributed by atoms with Crippen LogP contribution in [-0.4, -0.2) is 27.4 Å². The van der Waals surface area contributed by atoms with Crippen LogP contribution in [-0.2, 0) is 11.3 Å². The Bertz CT molecular complexity index is 908. The van der Waals surface area contributed by atoms with Crippen molar-refractivity contribution in [2.45, 2.75) is 37.3 Å². The Morgan fingerprint density at radius 3 is 2.50 bits per heavy atom. The molecule has 0 radical (unpaired) electrons. The van der Waals surface area contributed by atoms with Crippen molar-refractivity contribution in [2.75, 3.05) is 0 Å². The number of benzene rings is 2. The van der Waals surface area contributed by atoms with Crippen molar-refractivity contribution in [1.29, 1.82) is 0 Å². The van der Waals surface area contributed by atoms with Gasteiger partial charge in [-0.3, -0.25) is 9.59 Å². The number of nitrogens with zero attached hydrogens (tertiary/aromatic N) is 1. The van der Waals surface area contributed by atoms with E-state index in [0.29, 0.717) is 40.6 Å². The molecular weight excluding hydrogens is 373 g/mol. The summed E-state index contributed by atoms with van der Waals surface area (Å²) in [5.41, 5.74) is 1.25. The summed E-state index contributed by atoms with van der Waals surface area (Å²) in [6.45, 7) is 0.313. The second-order valence-electron chi connectivity index (χ2n) is 6.96. The molecule has 134 valence electrons. The summed E-state index contributed by atoms with van der Waals surface area (Å²) in [7, 11) is 0. The lowest BCUT2D eigenvalue weighted by molar-refractivity contribution is -0.145. The highest BCUT2D eigenvalue weighted by Crippen LogP contribution is 2.52. The lowest BCUT2D eigenvalue weighted by Crippen LogP contribution is -2.63. The van der Waals surface area contributed by atoms with E-state index in [-0.39, 0.29) is 5.91 Å². The van der Waals surface area contributed by atoms with Gasteiger partial charge in [-0.1, -0.05) is 47.5 Å². The molecule has 1 amide bonds. The fraction of sp³-hybridized carbons (Fsp3) is 0.300. The molecule has 1 aliphatic heterocycles. The molecule has 1 unspecified atom stereocenters. The van der Waals surface area contributed by atoms with Gasteiger partial charge in [0.15, 0.2) is 0 Å². The fourth-order valence-electron chi connectivity index (χ4n) is 4.25. The number of rotatable bonds is 3. The maximum atomic E-state index is 13.2. The third kappa shape index (κ3) is 2.51. The highest BCUT2D eigenvalue weighted by atomic mass is 35.5. The molecule has 1 spiro atoms. The molecule has 1 atom stereocenters. The summed E-state index contributed by atoms with van der Waals surface area (Å²) in [4.78, 5) is 27.1. The monoisotopic (exact) mass is 389 g/mol. The van der Waals surface area contributed by atoms with Gasteiger partial charge in [0.2, 0.25) is 0 Å². The molecule has 1 N–H and O–H groups in total. The minimum absolute atomic E-state index is 0.121. The molecule has 2 aromatic rings. The number of fused-ring (bicyclic) bond motifs is 1. The summed E-state index contributed by atoms with van der Waals surface area (Å²) in [5.74, 6) is -1.72. The highest BCUT2D eigenvalue weighted by Gasteiger charge is 2.57. The molecule has 0 saturated heterocycles. The number of carboxylic acid groups (broad SMARTS) is 1. The van der Waals surface area contributed by atoms with Crippen LogP contribution in [0.4, 0.5) is 0 Å². The van der Waals surface area contributed by atoms with E-state index in [4.69, 9.17) is 23.2 Å². The average molecular weight is 390 g/mol. The van der Waals surface area contributed by atoms with Crippen molar-refractivity contribution >= 4 is 35.1 Å². The van der Waals surface area contributed by atoms with Gasteiger partial charge in [-0.15, -0.1) is 0 Å². The number of amides is 1. The molecule has 4 rings (SSSR count). The Morgan fingerprint density at radius 1 is 1.15 bits per heavy atom. The lowest BCUT2D eigenvalue weighted by Gasteiger charge is -2.56. The zero-order valence-corrected chi connectivity index (χ0v) is 15.4. The standard InChI is InChI=1S/C20H17Cl2NO3/c21-15-7-6-12(10-16(15)22)11-23-18(24)14-5-2-1-4-13(14)17(19(25)26)20(23)8-3-9-20/h1-2,4-7,10,17H,3,8-9,11H2,(H,25,26). The van der Waals surface area contributed by atoms with Crippen LogP contribution in [0.2, 0.25) is 10.0 Å². The van der Waals surface area contributed by atoms with E-state index in [1.54, 1.807) is 41.3 Å². The summed E-state index contributed by atoms with van der Waals surface area (Å²) >= 11 is 12.1. The second kappa shape index (κ2) is 6.29. The van der Waals surface area contributed by atoms with Crippen molar-refractivity contribution in [3.05, 3.63) is 69.2 Å². The Balaban J connectivity index is 1.81. The minimum Gasteiger partial charge on any atom is -0.481 e. The third-order valence-electron chi connectivity index (χ3n) is 5.61. The van der Waals surface area contributed by atoms with Gasteiger partial charge in [0.25, 0.3) is 5.91 Å². The van der Waals surface area contributed by atoms with Gasteiger partial charge in [-0.2, -0.15) is 0 Å². The normalized spacial score (nSPS) is 20.6. The van der Waals surface area contributed by atoms with Crippen LogP contribution in [0.5, 0.6) is 0 Å². The van der Waals surface area contributed by atoms with Gasteiger partial charge in [-0.25, -0.2) is 0 Å². The van der Waals surface area contributed by atoms with Crippen molar-refractivity contribution in [3.8, 4) is 0 Å². The van der Waals surface area contributed by atoms with E-state index in [1.165, 1.54) is 0 Å². The second-order valence-corrected chi connectivity index (χ2v) is 7.77. The number of carboxylic acids is 1. The molecule has 0 bridgehead atoms. The SMILES string of the molecule is O=C(O)C1c2ccccc2C(=O)N(Cc2ccc(Cl)c(Cl)c2)C12CCC2. The van der Waals surface area contributed by atoms with Crippen molar-refractivity contribution in [1.82, 2.24) is 4.90 Å². The Kier molecular flexibility index (Phi) is 4.20. The number of aliphatic carboxylic acids is 1. The number of carbonyl (C=O) groups is 2. The van der Waals surface area contributed by atoms with Gasteiger partial charge in [-0.05, 0) is 48.6 Å². The van der Waals surface area contributed by atoms with Crippen molar-refractivity contribution < 1.29 is 14.7 Å². The summed E-state index contributed by atoms with van der Waals surface area (Å²) in [5, 5.41) is 10.8. The van der Waals surface area contributed by atoms with Crippen LogP contribution in [0.25, 0.3) is 0 Å².